The third-order valence-electron chi connectivity index (χ3n) is 4.77. The largest absolute Gasteiger partial charge is 0.316 e. The van der Waals surface area contributed by atoms with Crippen molar-refractivity contribution in [2.45, 2.75) is 64.7 Å². The highest BCUT2D eigenvalue weighted by Gasteiger charge is 2.25. The van der Waals surface area contributed by atoms with Crippen LogP contribution in [0.2, 0.25) is 0 Å². The van der Waals surface area contributed by atoms with Gasteiger partial charge in [0.05, 0.1) is 0 Å². The molecular formula is C19H31N. The van der Waals surface area contributed by atoms with Gasteiger partial charge in [0, 0.05) is 0 Å². The van der Waals surface area contributed by atoms with Crippen LogP contribution in [0.4, 0.5) is 0 Å². The summed E-state index contributed by atoms with van der Waals surface area (Å²) in [7, 11) is 0. The highest BCUT2D eigenvalue weighted by molar-refractivity contribution is 5.28. The molecule has 1 aliphatic carbocycles. The Balaban J connectivity index is 2.02. The summed E-state index contributed by atoms with van der Waals surface area (Å²) in [4.78, 5) is 0. The van der Waals surface area contributed by atoms with Crippen molar-refractivity contribution in [2.24, 2.45) is 5.92 Å². The molecule has 20 heavy (non-hydrogen) atoms. The third-order valence-corrected chi connectivity index (χ3v) is 4.77. The Hall–Kier alpha value is -0.820. The standard InChI is InChI=1S/C19H31N/c1-4-13-20-14-18-7-5-6-8-19(18)17-11-9-16(10-12-17)15(2)3/h9-12,15,18-20H,4-8,13-14H2,1-3H3. The molecule has 0 radical (unpaired) electrons. The van der Waals surface area contributed by atoms with E-state index in [1.165, 1.54) is 44.2 Å². The molecular weight excluding hydrogens is 242 g/mol. The van der Waals surface area contributed by atoms with Gasteiger partial charge in [-0.2, -0.15) is 0 Å². The Morgan fingerprint density at radius 1 is 1.10 bits per heavy atom. The van der Waals surface area contributed by atoms with Crippen molar-refractivity contribution in [2.75, 3.05) is 13.1 Å². The number of hydrogen-bond acceptors (Lipinski definition) is 1. The molecule has 1 aromatic carbocycles. The first-order valence-electron chi connectivity index (χ1n) is 8.53. The van der Waals surface area contributed by atoms with E-state index >= 15 is 0 Å². The summed E-state index contributed by atoms with van der Waals surface area (Å²) < 4.78 is 0. The predicted octanol–water partition coefficient (Wildman–Crippen LogP) is 5.08. The second-order valence-corrected chi connectivity index (χ2v) is 6.68. The first kappa shape index (κ1) is 15.6. The highest BCUT2D eigenvalue weighted by Crippen LogP contribution is 2.37. The monoisotopic (exact) mass is 273 g/mol. The van der Waals surface area contributed by atoms with Crippen molar-refractivity contribution < 1.29 is 0 Å². The molecule has 0 bridgehead atoms. The topological polar surface area (TPSA) is 12.0 Å². The molecule has 0 aliphatic heterocycles. The zero-order chi connectivity index (χ0) is 14.4. The maximum Gasteiger partial charge on any atom is -0.00147 e. The number of rotatable bonds is 6. The smallest absolute Gasteiger partial charge is 0.00147 e. The van der Waals surface area contributed by atoms with Crippen LogP contribution < -0.4 is 5.32 Å². The van der Waals surface area contributed by atoms with Gasteiger partial charge in [-0.15, -0.1) is 0 Å². The van der Waals surface area contributed by atoms with E-state index in [-0.39, 0.29) is 0 Å². The van der Waals surface area contributed by atoms with E-state index in [1.807, 2.05) is 0 Å². The molecule has 0 saturated heterocycles. The summed E-state index contributed by atoms with van der Waals surface area (Å²) in [6.07, 6.45) is 6.83. The molecule has 112 valence electrons. The minimum Gasteiger partial charge on any atom is -0.316 e. The van der Waals surface area contributed by atoms with Crippen LogP contribution >= 0.6 is 0 Å². The van der Waals surface area contributed by atoms with Gasteiger partial charge in [0.15, 0.2) is 0 Å². The van der Waals surface area contributed by atoms with Crippen LogP contribution in [-0.4, -0.2) is 13.1 Å². The molecule has 0 heterocycles. The van der Waals surface area contributed by atoms with Crippen LogP contribution in [0.15, 0.2) is 24.3 Å². The summed E-state index contributed by atoms with van der Waals surface area (Å²) in [6, 6.07) is 9.45. The van der Waals surface area contributed by atoms with E-state index in [0.29, 0.717) is 5.92 Å². The average Bonchev–Trinajstić information content (AvgIpc) is 2.48. The van der Waals surface area contributed by atoms with Crippen molar-refractivity contribution >= 4 is 0 Å². The third kappa shape index (κ3) is 4.09. The van der Waals surface area contributed by atoms with E-state index < -0.39 is 0 Å². The van der Waals surface area contributed by atoms with Crippen molar-refractivity contribution in [1.82, 2.24) is 5.32 Å². The Bertz CT molecular complexity index is 379. The minimum absolute atomic E-state index is 0.637. The lowest BCUT2D eigenvalue weighted by Gasteiger charge is -2.32. The summed E-state index contributed by atoms with van der Waals surface area (Å²) in [6.45, 7) is 9.15. The molecule has 1 saturated carbocycles. The molecule has 1 fully saturated rings. The fourth-order valence-corrected chi connectivity index (χ4v) is 3.48. The van der Waals surface area contributed by atoms with Crippen LogP contribution in [0.1, 0.15) is 75.8 Å². The maximum atomic E-state index is 3.63. The Morgan fingerprint density at radius 2 is 1.80 bits per heavy atom. The van der Waals surface area contributed by atoms with Crippen LogP contribution in [0.3, 0.4) is 0 Å². The van der Waals surface area contributed by atoms with E-state index in [9.17, 15) is 0 Å². The highest BCUT2D eigenvalue weighted by atomic mass is 14.9. The second kappa shape index (κ2) is 7.83. The minimum atomic E-state index is 0.637. The van der Waals surface area contributed by atoms with Crippen LogP contribution in [0, 0.1) is 5.92 Å². The predicted molar refractivity (Wildman–Crippen MR) is 88.4 cm³/mol. The molecule has 1 N–H and O–H groups in total. The van der Waals surface area contributed by atoms with Gasteiger partial charge in [-0.1, -0.05) is 57.9 Å². The van der Waals surface area contributed by atoms with Gasteiger partial charge in [-0.3, -0.25) is 0 Å². The van der Waals surface area contributed by atoms with Gasteiger partial charge in [-0.25, -0.2) is 0 Å². The molecule has 1 aliphatic rings. The van der Waals surface area contributed by atoms with Crippen molar-refractivity contribution in [3.63, 3.8) is 0 Å². The molecule has 2 rings (SSSR count). The van der Waals surface area contributed by atoms with Crippen molar-refractivity contribution in [3.8, 4) is 0 Å². The van der Waals surface area contributed by atoms with Gasteiger partial charge < -0.3 is 5.32 Å². The molecule has 1 aromatic rings. The number of nitrogens with one attached hydrogen (secondary N) is 1. The molecule has 1 heteroatoms. The van der Waals surface area contributed by atoms with Gasteiger partial charge in [0.25, 0.3) is 0 Å². The molecule has 2 unspecified atom stereocenters. The summed E-state index contributed by atoms with van der Waals surface area (Å²) in [5.74, 6) is 2.24. The zero-order valence-corrected chi connectivity index (χ0v) is 13.5. The van der Waals surface area contributed by atoms with Gasteiger partial charge in [0.1, 0.15) is 0 Å². The van der Waals surface area contributed by atoms with Crippen molar-refractivity contribution in [3.05, 3.63) is 35.4 Å². The molecule has 0 aromatic heterocycles. The molecule has 0 spiro atoms. The van der Waals surface area contributed by atoms with Gasteiger partial charge in [0.2, 0.25) is 0 Å². The second-order valence-electron chi connectivity index (χ2n) is 6.68. The fraction of sp³-hybridized carbons (Fsp3) is 0.684. The normalized spacial score (nSPS) is 23.2. The molecule has 1 nitrogen and oxygen atoms in total. The first-order chi connectivity index (χ1) is 9.72. The fourth-order valence-electron chi connectivity index (χ4n) is 3.48. The zero-order valence-electron chi connectivity index (χ0n) is 13.5. The summed E-state index contributed by atoms with van der Waals surface area (Å²) >= 11 is 0. The van der Waals surface area contributed by atoms with E-state index in [1.54, 1.807) is 5.56 Å². The molecule has 2 atom stereocenters. The van der Waals surface area contributed by atoms with Crippen LogP contribution in [0.5, 0.6) is 0 Å². The summed E-state index contributed by atoms with van der Waals surface area (Å²) in [5, 5.41) is 3.63. The average molecular weight is 273 g/mol. The van der Waals surface area contributed by atoms with E-state index in [4.69, 9.17) is 0 Å². The Morgan fingerprint density at radius 3 is 2.45 bits per heavy atom. The van der Waals surface area contributed by atoms with Crippen LogP contribution in [-0.2, 0) is 0 Å². The first-order valence-corrected chi connectivity index (χ1v) is 8.53. The SMILES string of the molecule is CCCNCC1CCCCC1c1ccc(C(C)C)cc1. The van der Waals surface area contributed by atoms with E-state index in [0.717, 1.165) is 18.4 Å². The Labute approximate surface area is 125 Å². The van der Waals surface area contributed by atoms with Crippen LogP contribution in [0.25, 0.3) is 0 Å². The maximum absolute atomic E-state index is 3.63. The molecule has 0 amide bonds. The Kier molecular flexibility index (Phi) is 6.09. The van der Waals surface area contributed by atoms with Gasteiger partial charge in [-0.05, 0) is 61.2 Å². The lowest BCUT2D eigenvalue weighted by Crippen LogP contribution is -2.30. The lowest BCUT2D eigenvalue weighted by molar-refractivity contribution is 0.296. The number of benzene rings is 1. The van der Waals surface area contributed by atoms with Gasteiger partial charge >= 0.3 is 0 Å². The number of hydrogen-bond donors (Lipinski definition) is 1. The quantitative estimate of drug-likeness (QED) is 0.712. The van der Waals surface area contributed by atoms with Crippen molar-refractivity contribution in [1.29, 1.82) is 0 Å². The summed E-state index contributed by atoms with van der Waals surface area (Å²) in [5.41, 5.74) is 3.03. The van der Waals surface area contributed by atoms with E-state index in [2.05, 4.69) is 50.4 Å². The lowest BCUT2D eigenvalue weighted by atomic mass is 9.75.